The highest BCUT2D eigenvalue weighted by atomic mass is 35.5. The molecule has 0 saturated carbocycles. The highest BCUT2D eigenvalue weighted by Gasteiger charge is 2.43. The first-order valence-corrected chi connectivity index (χ1v) is 10.1. The zero-order chi connectivity index (χ0) is 20.7. The Bertz CT molecular complexity index is 1130. The SMILES string of the molecule is N#Cc1ccnc(N2C3CCC2CN(C(=O)c2ccccc2-n2nccn2)C3)c1Cl. The van der Waals surface area contributed by atoms with Crippen LogP contribution in [0, 0.1) is 11.3 Å². The van der Waals surface area contributed by atoms with Crippen molar-refractivity contribution in [3.8, 4) is 11.8 Å². The highest BCUT2D eigenvalue weighted by molar-refractivity contribution is 6.34. The van der Waals surface area contributed by atoms with Gasteiger partial charge >= 0.3 is 0 Å². The summed E-state index contributed by atoms with van der Waals surface area (Å²) in [7, 11) is 0. The number of carbonyl (C=O) groups is 1. The number of benzene rings is 1. The first kappa shape index (κ1) is 18.6. The topological polar surface area (TPSA) is 90.9 Å². The molecule has 0 spiro atoms. The molecule has 2 aliphatic rings. The molecule has 2 aromatic heterocycles. The van der Waals surface area contributed by atoms with Crippen molar-refractivity contribution < 1.29 is 4.79 Å². The van der Waals surface area contributed by atoms with Gasteiger partial charge in [-0.25, -0.2) is 4.98 Å². The van der Waals surface area contributed by atoms with E-state index in [-0.39, 0.29) is 18.0 Å². The molecule has 2 atom stereocenters. The number of carbonyl (C=O) groups excluding carboxylic acids is 1. The molecule has 2 unspecified atom stereocenters. The van der Waals surface area contributed by atoms with Crippen molar-refractivity contribution >= 4 is 23.3 Å². The fourth-order valence-electron chi connectivity index (χ4n) is 4.45. The van der Waals surface area contributed by atoms with Gasteiger partial charge in [-0.3, -0.25) is 4.79 Å². The minimum absolute atomic E-state index is 0.0377. The van der Waals surface area contributed by atoms with Crippen LogP contribution in [0.15, 0.2) is 48.9 Å². The van der Waals surface area contributed by atoms with Crippen LogP contribution in [0.3, 0.4) is 0 Å². The number of pyridine rings is 1. The van der Waals surface area contributed by atoms with Gasteiger partial charge in [-0.05, 0) is 31.0 Å². The van der Waals surface area contributed by atoms with E-state index in [0.29, 0.717) is 40.7 Å². The first-order chi connectivity index (χ1) is 14.7. The Morgan fingerprint density at radius 3 is 2.47 bits per heavy atom. The highest BCUT2D eigenvalue weighted by Crippen LogP contribution is 2.38. The number of aromatic nitrogens is 4. The maximum Gasteiger partial charge on any atom is 0.256 e. The van der Waals surface area contributed by atoms with Crippen molar-refractivity contribution in [2.24, 2.45) is 0 Å². The number of amides is 1. The van der Waals surface area contributed by atoms with E-state index in [1.807, 2.05) is 29.2 Å². The molecule has 150 valence electrons. The van der Waals surface area contributed by atoms with E-state index < -0.39 is 0 Å². The monoisotopic (exact) mass is 419 g/mol. The molecule has 2 fully saturated rings. The molecular weight excluding hydrogens is 402 g/mol. The smallest absolute Gasteiger partial charge is 0.256 e. The van der Waals surface area contributed by atoms with Crippen LogP contribution in [0.2, 0.25) is 5.02 Å². The number of fused-ring (bicyclic) bond motifs is 2. The molecule has 5 rings (SSSR count). The Morgan fingerprint density at radius 1 is 1.07 bits per heavy atom. The average Bonchev–Trinajstić information content (AvgIpc) is 3.39. The number of rotatable bonds is 3. The quantitative estimate of drug-likeness (QED) is 0.648. The maximum absolute atomic E-state index is 13.4. The summed E-state index contributed by atoms with van der Waals surface area (Å²) in [4.78, 5) is 23.4. The predicted octanol–water partition coefficient (Wildman–Crippen LogP) is 2.68. The molecule has 30 heavy (non-hydrogen) atoms. The van der Waals surface area contributed by atoms with Crippen molar-refractivity contribution in [2.45, 2.75) is 24.9 Å². The van der Waals surface area contributed by atoms with Gasteiger partial charge in [0.15, 0.2) is 0 Å². The second kappa shape index (κ2) is 7.43. The predicted molar refractivity (Wildman–Crippen MR) is 111 cm³/mol. The van der Waals surface area contributed by atoms with Gasteiger partial charge in [-0.15, -0.1) is 0 Å². The number of piperazine rings is 1. The lowest BCUT2D eigenvalue weighted by molar-refractivity contribution is 0.0717. The average molecular weight is 420 g/mol. The molecule has 0 N–H and O–H groups in total. The van der Waals surface area contributed by atoms with Gasteiger partial charge < -0.3 is 9.80 Å². The molecule has 1 aromatic carbocycles. The molecule has 9 heteroatoms. The summed E-state index contributed by atoms with van der Waals surface area (Å²) in [5.41, 5.74) is 1.65. The van der Waals surface area contributed by atoms with Crippen molar-refractivity contribution in [1.29, 1.82) is 5.26 Å². The largest absolute Gasteiger partial charge is 0.346 e. The van der Waals surface area contributed by atoms with Crippen LogP contribution in [-0.2, 0) is 0 Å². The molecule has 0 aliphatic carbocycles. The fourth-order valence-corrected chi connectivity index (χ4v) is 4.70. The van der Waals surface area contributed by atoms with Crippen LogP contribution < -0.4 is 4.90 Å². The molecule has 1 amide bonds. The number of anilines is 1. The number of nitrogens with zero attached hydrogens (tertiary/aromatic N) is 7. The Hall–Kier alpha value is -3.44. The van der Waals surface area contributed by atoms with Gasteiger partial charge in [0, 0.05) is 31.4 Å². The Balaban J connectivity index is 1.43. The van der Waals surface area contributed by atoms with Gasteiger partial charge in [-0.2, -0.15) is 20.3 Å². The van der Waals surface area contributed by atoms with Gasteiger partial charge in [-0.1, -0.05) is 23.7 Å². The van der Waals surface area contributed by atoms with Crippen LogP contribution >= 0.6 is 11.6 Å². The minimum atomic E-state index is -0.0377. The number of likely N-dealkylation sites (tertiary alicyclic amines) is 1. The molecule has 8 nitrogen and oxygen atoms in total. The summed E-state index contributed by atoms with van der Waals surface area (Å²) in [6.45, 7) is 1.15. The maximum atomic E-state index is 13.4. The summed E-state index contributed by atoms with van der Waals surface area (Å²) < 4.78 is 0. The summed E-state index contributed by atoms with van der Waals surface area (Å²) in [6.07, 6.45) is 6.69. The van der Waals surface area contributed by atoms with Crippen molar-refractivity contribution in [2.75, 3.05) is 18.0 Å². The van der Waals surface area contributed by atoms with E-state index in [1.165, 1.54) is 4.80 Å². The molecule has 3 aromatic rings. The van der Waals surface area contributed by atoms with E-state index >= 15 is 0 Å². The normalized spacial score (nSPS) is 20.3. The van der Waals surface area contributed by atoms with Crippen LogP contribution in [-0.4, -0.2) is 56.0 Å². The Morgan fingerprint density at radius 2 is 1.77 bits per heavy atom. The summed E-state index contributed by atoms with van der Waals surface area (Å²) >= 11 is 6.45. The van der Waals surface area contributed by atoms with E-state index in [4.69, 9.17) is 11.6 Å². The van der Waals surface area contributed by atoms with Crippen LogP contribution in [0.1, 0.15) is 28.8 Å². The molecule has 4 heterocycles. The standard InChI is InChI=1S/C21H18ClN7O/c22-19-14(11-23)7-8-24-20(19)28-15-5-6-16(28)13-27(12-15)21(30)17-3-1-2-4-18(17)29-25-9-10-26-29/h1-4,7-10,15-16H,5-6,12-13H2. The molecule has 2 aliphatic heterocycles. The number of nitriles is 1. The summed E-state index contributed by atoms with van der Waals surface area (Å²) in [6, 6.07) is 11.3. The minimum Gasteiger partial charge on any atom is -0.346 e. The third-order valence-electron chi connectivity index (χ3n) is 5.77. The van der Waals surface area contributed by atoms with Gasteiger partial charge in [0.25, 0.3) is 5.91 Å². The number of hydrogen-bond donors (Lipinski definition) is 0. The van der Waals surface area contributed by atoms with E-state index in [0.717, 1.165) is 12.8 Å². The second-order valence-electron chi connectivity index (χ2n) is 7.45. The second-order valence-corrected chi connectivity index (χ2v) is 7.82. The zero-order valence-electron chi connectivity index (χ0n) is 16.0. The lowest BCUT2D eigenvalue weighted by atomic mass is 10.1. The van der Waals surface area contributed by atoms with Crippen molar-refractivity contribution in [1.82, 2.24) is 24.9 Å². The zero-order valence-corrected chi connectivity index (χ0v) is 16.8. The third kappa shape index (κ3) is 2.99. The molecule has 2 saturated heterocycles. The van der Waals surface area contributed by atoms with Crippen LogP contribution in [0.5, 0.6) is 0 Å². The Labute approximate surface area is 178 Å². The molecular formula is C21H18ClN7O. The third-order valence-corrected chi connectivity index (χ3v) is 6.15. The van der Waals surface area contributed by atoms with E-state index in [9.17, 15) is 10.1 Å². The lowest BCUT2D eigenvalue weighted by Crippen LogP contribution is -2.56. The van der Waals surface area contributed by atoms with Gasteiger partial charge in [0.05, 0.1) is 29.2 Å². The van der Waals surface area contributed by atoms with Crippen LogP contribution in [0.25, 0.3) is 5.69 Å². The number of halogens is 1. The van der Waals surface area contributed by atoms with E-state index in [2.05, 4.69) is 26.2 Å². The van der Waals surface area contributed by atoms with Gasteiger partial charge in [0.1, 0.15) is 16.9 Å². The van der Waals surface area contributed by atoms with Gasteiger partial charge in [0.2, 0.25) is 0 Å². The summed E-state index contributed by atoms with van der Waals surface area (Å²) in [5.74, 6) is 0.598. The number of para-hydroxylation sites is 1. The van der Waals surface area contributed by atoms with Crippen molar-refractivity contribution in [3.63, 3.8) is 0 Å². The molecule has 2 bridgehead atoms. The van der Waals surface area contributed by atoms with Crippen molar-refractivity contribution in [3.05, 3.63) is 65.1 Å². The summed E-state index contributed by atoms with van der Waals surface area (Å²) in [5, 5.41) is 18.0. The van der Waals surface area contributed by atoms with E-state index in [1.54, 1.807) is 24.7 Å². The fraction of sp³-hybridized carbons (Fsp3) is 0.286. The lowest BCUT2D eigenvalue weighted by Gasteiger charge is -2.42. The van der Waals surface area contributed by atoms with Crippen LogP contribution in [0.4, 0.5) is 5.82 Å². The number of hydrogen-bond acceptors (Lipinski definition) is 6. The first-order valence-electron chi connectivity index (χ1n) is 9.75. The molecule has 0 radical (unpaired) electrons. The Kier molecular flexibility index (Phi) is 4.60.